The number of nitrogens with one attached hydrogen (secondary N) is 1. The van der Waals surface area contributed by atoms with E-state index in [1.54, 1.807) is 10.6 Å². The fraction of sp³-hybridized carbons (Fsp3) is 0.115. The van der Waals surface area contributed by atoms with Gasteiger partial charge in [-0.15, -0.1) is 11.3 Å². The zero-order valence-electron chi connectivity index (χ0n) is 18.7. The summed E-state index contributed by atoms with van der Waals surface area (Å²) in [5.41, 5.74) is 13.2. The van der Waals surface area contributed by atoms with E-state index in [1.807, 2.05) is 74.5 Å². The van der Waals surface area contributed by atoms with Crippen molar-refractivity contribution in [1.29, 1.82) is 0 Å². The Morgan fingerprint density at radius 3 is 2.44 bits per heavy atom. The van der Waals surface area contributed by atoms with Gasteiger partial charge in [0, 0.05) is 34.8 Å². The number of rotatable bonds is 6. The highest BCUT2D eigenvalue weighted by Crippen LogP contribution is 2.36. The van der Waals surface area contributed by atoms with Crippen LogP contribution in [0, 0.1) is 13.8 Å². The Morgan fingerprint density at radius 1 is 1.03 bits per heavy atom. The molecule has 0 aliphatic rings. The molecule has 0 aliphatic carbocycles. The van der Waals surface area contributed by atoms with E-state index in [0.717, 1.165) is 33.0 Å². The molecule has 8 heteroatoms. The average molecular weight is 470 g/mol. The normalized spacial score (nSPS) is 11.1. The van der Waals surface area contributed by atoms with Crippen LogP contribution >= 0.6 is 11.3 Å². The summed E-state index contributed by atoms with van der Waals surface area (Å²) in [6.45, 7) is 4.49. The van der Waals surface area contributed by atoms with Crippen LogP contribution < -0.4 is 11.1 Å². The van der Waals surface area contributed by atoms with Gasteiger partial charge in [-0.05, 0) is 31.0 Å². The van der Waals surface area contributed by atoms with Gasteiger partial charge < -0.3 is 16.2 Å². The Kier molecular flexibility index (Phi) is 5.51. The van der Waals surface area contributed by atoms with E-state index in [9.17, 15) is 9.90 Å². The first-order valence-corrected chi connectivity index (χ1v) is 11.6. The van der Waals surface area contributed by atoms with Crippen LogP contribution in [0.1, 0.15) is 26.5 Å². The molecular formula is C26H23N5O2S. The monoisotopic (exact) mass is 469 g/mol. The summed E-state index contributed by atoms with van der Waals surface area (Å²) < 4.78 is 1.63. The third-order valence-electron chi connectivity index (χ3n) is 5.58. The average Bonchev–Trinajstić information content (AvgIpc) is 3.44. The van der Waals surface area contributed by atoms with Gasteiger partial charge in [-0.2, -0.15) is 9.61 Å². The first-order valence-electron chi connectivity index (χ1n) is 10.8. The van der Waals surface area contributed by atoms with Crippen LogP contribution in [0.3, 0.4) is 0 Å². The van der Waals surface area contributed by atoms with Gasteiger partial charge in [0.05, 0.1) is 11.4 Å². The van der Waals surface area contributed by atoms with Crippen molar-refractivity contribution in [2.24, 2.45) is 0 Å². The van der Waals surface area contributed by atoms with Crippen molar-refractivity contribution in [3.05, 3.63) is 88.4 Å². The second-order valence-electron chi connectivity index (χ2n) is 8.20. The predicted molar refractivity (Wildman–Crippen MR) is 136 cm³/mol. The van der Waals surface area contributed by atoms with Crippen molar-refractivity contribution in [2.45, 2.75) is 20.4 Å². The number of carbonyl (C=O) groups is 1. The summed E-state index contributed by atoms with van der Waals surface area (Å²) in [5, 5.41) is 17.6. The van der Waals surface area contributed by atoms with Gasteiger partial charge in [0.2, 0.25) is 0 Å². The van der Waals surface area contributed by atoms with E-state index in [4.69, 9.17) is 5.73 Å². The third kappa shape index (κ3) is 4.23. The van der Waals surface area contributed by atoms with Gasteiger partial charge in [-0.1, -0.05) is 54.1 Å². The Morgan fingerprint density at radius 2 is 1.74 bits per heavy atom. The molecule has 0 bridgehead atoms. The second-order valence-corrected chi connectivity index (χ2v) is 9.25. The van der Waals surface area contributed by atoms with Crippen LogP contribution in [-0.4, -0.2) is 25.7 Å². The van der Waals surface area contributed by atoms with Crippen molar-refractivity contribution >= 4 is 34.5 Å². The second kappa shape index (κ2) is 8.64. The smallest absolute Gasteiger partial charge is 0.348 e. The van der Waals surface area contributed by atoms with Gasteiger partial charge >= 0.3 is 5.97 Å². The van der Waals surface area contributed by atoms with Crippen LogP contribution in [0.5, 0.6) is 0 Å². The van der Waals surface area contributed by atoms with E-state index < -0.39 is 5.97 Å². The molecule has 3 heterocycles. The highest BCUT2D eigenvalue weighted by atomic mass is 32.1. The number of carboxylic acids is 1. The minimum atomic E-state index is -0.940. The number of thiophene rings is 1. The summed E-state index contributed by atoms with van der Waals surface area (Å²) in [7, 11) is 0. The SMILES string of the molecule is Cc1ccc(CNc2cc(-c3ccc(-c4cc5nc(C)cc(N)n5n4)cc3)sc2C(=O)O)cc1. The van der Waals surface area contributed by atoms with Crippen LogP contribution in [0.25, 0.3) is 27.3 Å². The Bertz CT molecular complexity index is 1500. The zero-order valence-corrected chi connectivity index (χ0v) is 19.6. The summed E-state index contributed by atoms with van der Waals surface area (Å²) in [4.78, 5) is 17.5. The number of aromatic carboxylic acids is 1. The number of anilines is 2. The van der Waals surface area contributed by atoms with E-state index in [-0.39, 0.29) is 0 Å². The number of nitrogens with two attached hydrogens (primary N) is 1. The predicted octanol–water partition coefficient (Wildman–Crippen LogP) is 5.63. The number of fused-ring (bicyclic) bond motifs is 1. The molecule has 0 saturated heterocycles. The number of benzene rings is 2. The van der Waals surface area contributed by atoms with E-state index in [1.165, 1.54) is 16.9 Å². The van der Waals surface area contributed by atoms with Crippen molar-refractivity contribution in [1.82, 2.24) is 14.6 Å². The molecular weight excluding hydrogens is 446 g/mol. The number of nitrogen functional groups attached to an aromatic ring is 1. The lowest BCUT2D eigenvalue weighted by Crippen LogP contribution is -2.03. The van der Waals surface area contributed by atoms with Gasteiger partial charge in [-0.3, -0.25) is 0 Å². The van der Waals surface area contributed by atoms with E-state index in [2.05, 4.69) is 15.4 Å². The summed E-state index contributed by atoms with van der Waals surface area (Å²) in [5.74, 6) is -0.403. The molecule has 4 N–H and O–H groups in total. The number of hydrogen-bond acceptors (Lipinski definition) is 6. The largest absolute Gasteiger partial charge is 0.477 e. The molecule has 0 amide bonds. The van der Waals surface area contributed by atoms with Gasteiger partial charge in [0.1, 0.15) is 10.7 Å². The molecule has 0 spiro atoms. The van der Waals surface area contributed by atoms with E-state index >= 15 is 0 Å². The number of nitrogens with zero attached hydrogens (tertiary/aromatic N) is 3. The zero-order chi connectivity index (χ0) is 23.8. The number of carboxylic acid groups (broad SMARTS) is 1. The molecule has 0 saturated carbocycles. The van der Waals surface area contributed by atoms with Crippen LogP contribution in [0.4, 0.5) is 11.5 Å². The first kappa shape index (κ1) is 21.7. The fourth-order valence-electron chi connectivity index (χ4n) is 3.80. The van der Waals surface area contributed by atoms with Crippen LogP contribution in [-0.2, 0) is 6.54 Å². The molecule has 170 valence electrons. The molecule has 34 heavy (non-hydrogen) atoms. The quantitative estimate of drug-likeness (QED) is 0.297. The highest BCUT2D eigenvalue weighted by Gasteiger charge is 2.17. The molecule has 7 nitrogen and oxygen atoms in total. The number of aromatic nitrogens is 3. The Hall–Kier alpha value is -4.17. The molecule has 5 aromatic rings. The molecule has 0 atom stereocenters. The molecule has 0 unspecified atom stereocenters. The highest BCUT2D eigenvalue weighted by molar-refractivity contribution is 7.18. The number of hydrogen-bond donors (Lipinski definition) is 3. The maximum atomic E-state index is 11.8. The lowest BCUT2D eigenvalue weighted by molar-refractivity contribution is 0.0703. The van der Waals surface area contributed by atoms with Crippen LogP contribution in [0.2, 0.25) is 0 Å². The van der Waals surface area contributed by atoms with Crippen LogP contribution in [0.15, 0.2) is 66.7 Å². The minimum Gasteiger partial charge on any atom is -0.477 e. The van der Waals surface area contributed by atoms with Gasteiger partial charge in [0.15, 0.2) is 5.65 Å². The molecule has 3 aromatic heterocycles. The maximum Gasteiger partial charge on any atom is 0.348 e. The summed E-state index contributed by atoms with van der Waals surface area (Å²) in [6, 6.07) is 21.7. The third-order valence-corrected chi connectivity index (χ3v) is 6.75. The first-order chi connectivity index (χ1) is 16.4. The maximum absolute atomic E-state index is 11.8. The lowest BCUT2D eigenvalue weighted by Gasteiger charge is -2.06. The summed E-state index contributed by atoms with van der Waals surface area (Å²) >= 11 is 1.26. The van der Waals surface area contributed by atoms with Crippen molar-refractivity contribution < 1.29 is 9.90 Å². The van der Waals surface area contributed by atoms with Crippen molar-refractivity contribution in [3.63, 3.8) is 0 Å². The van der Waals surface area contributed by atoms with Gasteiger partial charge in [0.25, 0.3) is 0 Å². The van der Waals surface area contributed by atoms with Gasteiger partial charge in [-0.25, -0.2) is 9.78 Å². The topological polar surface area (TPSA) is 106 Å². The fourth-order valence-corrected chi connectivity index (χ4v) is 4.78. The Balaban J connectivity index is 1.40. The molecule has 0 radical (unpaired) electrons. The number of aryl methyl sites for hydroxylation is 2. The molecule has 0 fully saturated rings. The van der Waals surface area contributed by atoms with Crippen molar-refractivity contribution in [3.8, 4) is 21.7 Å². The van der Waals surface area contributed by atoms with Crippen molar-refractivity contribution in [2.75, 3.05) is 11.1 Å². The molecule has 2 aromatic carbocycles. The Labute approximate surface area is 200 Å². The standard InChI is InChI=1S/C26H23N5O2S/c1-15-3-5-17(6-4-15)14-28-21-12-22(34-25(21)26(32)33)19-9-7-18(8-10-19)20-13-24-29-16(2)11-23(27)31(24)30-20/h3-13,28H,14,27H2,1-2H3,(H,32,33). The molecule has 0 aliphatic heterocycles. The van der Waals surface area contributed by atoms with E-state index in [0.29, 0.717) is 28.6 Å². The lowest BCUT2D eigenvalue weighted by atomic mass is 10.1. The summed E-state index contributed by atoms with van der Waals surface area (Å²) in [6.07, 6.45) is 0. The minimum absolute atomic E-state index is 0.295. The molecule has 5 rings (SSSR count).